The van der Waals surface area contributed by atoms with E-state index in [2.05, 4.69) is 20.2 Å². The maximum atomic E-state index is 12.6. The molecule has 1 aromatic rings. The molecule has 1 aromatic heterocycles. The van der Waals surface area contributed by atoms with Gasteiger partial charge in [-0.2, -0.15) is 0 Å². The summed E-state index contributed by atoms with van der Waals surface area (Å²) in [4.78, 5) is 36.2. The fourth-order valence-electron chi connectivity index (χ4n) is 3.80. The van der Waals surface area contributed by atoms with Gasteiger partial charge in [-0.3, -0.25) is 14.5 Å². The highest BCUT2D eigenvalue weighted by atomic mass is 16.2. The number of nitrogens with zero attached hydrogens (tertiary/aromatic N) is 3. The standard InChI is InChI=1S/C17H27N5O2/c1-12-10-19-15(20-12)11-21(2)16(23)9-14-17(24)18-7-8-22(14)13-5-3-4-6-13/h10,13-14H,3-9,11H2,1-2H3,(H,18,24)(H,19,20). The quantitative estimate of drug-likeness (QED) is 0.835. The van der Waals surface area contributed by atoms with Gasteiger partial charge in [0.25, 0.3) is 0 Å². The molecule has 1 unspecified atom stereocenters. The van der Waals surface area contributed by atoms with Gasteiger partial charge < -0.3 is 15.2 Å². The Morgan fingerprint density at radius 1 is 1.42 bits per heavy atom. The number of imidazole rings is 1. The topological polar surface area (TPSA) is 81.3 Å². The Hall–Kier alpha value is -1.89. The fraction of sp³-hybridized carbons (Fsp3) is 0.706. The lowest BCUT2D eigenvalue weighted by Gasteiger charge is -2.39. The van der Waals surface area contributed by atoms with Gasteiger partial charge in [0, 0.05) is 38.1 Å². The molecule has 7 nitrogen and oxygen atoms in total. The Kier molecular flexibility index (Phi) is 5.18. The second kappa shape index (κ2) is 7.34. The minimum absolute atomic E-state index is 0.0104. The van der Waals surface area contributed by atoms with Crippen LogP contribution in [-0.4, -0.2) is 63.8 Å². The molecule has 0 radical (unpaired) electrons. The highest BCUT2D eigenvalue weighted by Gasteiger charge is 2.37. The Balaban J connectivity index is 1.62. The summed E-state index contributed by atoms with van der Waals surface area (Å²) in [5, 5.41) is 2.91. The lowest BCUT2D eigenvalue weighted by Crippen LogP contribution is -2.59. The second-order valence-corrected chi connectivity index (χ2v) is 6.95. The van der Waals surface area contributed by atoms with E-state index < -0.39 is 0 Å². The van der Waals surface area contributed by atoms with Crippen LogP contribution in [0, 0.1) is 6.92 Å². The van der Waals surface area contributed by atoms with Gasteiger partial charge in [0.15, 0.2) is 0 Å². The molecule has 0 spiro atoms. The van der Waals surface area contributed by atoms with Crippen LogP contribution in [0.2, 0.25) is 0 Å². The summed E-state index contributed by atoms with van der Waals surface area (Å²) in [6, 6.07) is 0.113. The van der Waals surface area contributed by atoms with Crippen molar-refractivity contribution < 1.29 is 9.59 Å². The Morgan fingerprint density at radius 3 is 2.83 bits per heavy atom. The number of aromatic nitrogens is 2. The van der Waals surface area contributed by atoms with Gasteiger partial charge in [0.1, 0.15) is 5.82 Å². The minimum atomic E-state index is -0.338. The number of aromatic amines is 1. The molecule has 1 saturated heterocycles. The zero-order valence-electron chi connectivity index (χ0n) is 14.5. The molecular formula is C17H27N5O2. The first-order chi connectivity index (χ1) is 11.5. The number of carbonyl (C=O) groups is 2. The maximum absolute atomic E-state index is 12.6. The molecule has 3 rings (SSSR count). The first kappa shape index (κ1) is 17.0. The van der Waals surface area contributed by atoms with Crippen LogP contribution in [0.4, 0.5) is 0 Å². The summed E-state index contributed by atoms with van der Waals surface area (Å²) in [5.74, 6) is 0.738. The van der Waals surface area contributed by atoms with Crippen LogP contribution in [0.1, 0.15) is 43.6 Å². The Morgan fingerprint density at radius 2 is 2.17 bits per heavy atom. The number of rotatable bonds is 5. The first-order valence-electron chi connectivity index (χ1n) is 8.82. The highest BCUT2D eigenvalue weighted by molar-refractivity contribution is 5.88. The van der Waals surface area contributed by atoms with Crippen molar-refractivity contribution in [2.45, 2.75) is 57.7 Å². The molecule has 1 aliphatic heterocycles. The van der Waals surface area contributed by atoms with Gasteiger partial charge in [0.2, 0.25) is 11.8 Å². The number of carbonyl (C=O) groups excluding carboxylic acids is 2. The largest absolute Gasteiger partial charge is 0.353 e. The van der Waals surface area contributed by atoms with Gasteiger partial charge in [-0.25, -0.2) is 4.98 Å². The van der Waals surface area contributed by atoms with Crippen LogP contribution in [0.25, 0.3) is 0 Å². The summed E-state index contributed by atoms with van der Waals surface area (Å²) in [7, 11) is 1.76. The van der Waals surface area contributed by atoms with Gasteiger partial charge in [-0.1, -0.05) is 12.8 Å². The maximum Gasteiger partial charge on any atom is 0.237 e. The average Bonchev–Trinajstić information content (AvgIpc) is 3.21. The van der Waals surface area contributed by atoms with Crippen molar-refractivity contribution in [1.29, 1.82) is 0 Å². The van der Waals surface area contributed by atoms with Crippen molar-refractivity contribution in [3.63, 3.8) is 0 Å². The molecule has 2 N–H and O–H groups in total. The van der Waals surface area contributed by atoms with Gasteiger partial charge in [-0.15, -0.1) is 0 Å². The first-order valence-corrected chi connectivity index (χ1v) is 8.82. The molecule has 0 bridgehead atoms. The number of nitrogens with one attached hydrogen (secondary N) is 2. The van der Waals surface area contributed by atoms with E-state index >= 15 is 0 Å². The lowest BCUT2D eigenvalue weighted by atomic mass is 10.0. The van der Waals surface area contributed by atoms with Crippen molar-refractivity contribution in [2.24, 2.45) is 0 Å². The number of hydrogen-bond donors (Lipinski definition) is 2. The van der Waals surface area contributed by atoms with Crippen molar-refractivity contribution in [3.8, 4) is 0 Å². The van der Waals surface area contributed by atoms with Crippen LogP contribution in [-0.2, 0) is 16.1 Å². The third-order valence-corrected chi connectivity index (χ3v) is 5.10. The number of amides is 2. The van der Waals surface area contributed by atoms with Crippen LogP contribution < -0.4 is 5.32 Å². The lowest BCUT2D eigenvalue weighted by molar-refractivity contribution is -0.139. The molecular weight excluding hydrogens is 306 g/mol. The number of hydrogen-bond acceptors (Lipinski definition) is 4. The normalized spacial score (nSPS) is 22.6. The van der Waals surface area contributed by atoms with E-state index in [4.69, 9.17) is 0 Å². The van der Waals surface area contributed by atoms with Crippen molar-refractivity contribution >= 4 is 11.8 Å². The summed E-state index contributed by atoms with van der Waals surface area (Å²) in [6.45, 7) is 3.89. The van der Waals surface area contributed by atoms with Crippen molar-refractivity contribution in [3.05, 3.63) is 17.7 Å². The molecule has 2 aliphatic rings. The zero-order valence-corrected chi connectivity index (χ0v) is 14.5. The molecule has 1 atom stereocenters. The Bertz CT molecular complexity index is 594. The molecule has 7 heteroatoms. The minimum Gasteiger partial charge on any atom is -0.353 e. The SMILES string of the molecule is Cc1cnc(CN(C)C(=O)CC2C(=O)NCCN2C2CCCC2)[nH]1. The van der Waals surface area contributed by atoms with E-state index in [0.29, 0.717) is 19.1 Å². The Labute approximate surface area is 142 Å². The summed E-state index contributed by atoms with van der Waals surface area (Å²) < 4.78 is 0. The third-order valence-electron chi connectivity index (χ3n) is 5.10. The number of H-pyrrole nitrogens is 1. The molecule has 2 fully saturated rings. The van der Waals surface area contributed by atoms with E-state index in [1.807, 2.05) is 6.92 Å². The molecule has 2 heterocycles. The molecule has 1 saturated carbocycles. The van der Waals surface area contributed by atoms with Gasteiger partial charge >= 0.3 is 0 Å². The van der Waals surface area contributed by atoms with E-state index in [-0.39, 0.29) is 24.3 Å². The average molecular weight is 333 g/mol. The van der Waals surface area contributed by atoms with E-state index in [9.17, 15) is 9.59 Å². The summed E-state index contributed by atoms with van der Waals surface area (Å²) in [5.41, 5.74) is 0.977. The van der Waals surface area contributed by atoms with E-state index in [1.165, 1.54) is 12.8 Å². The molecule has 24 heavy (non-hydrogen) atoms. The van der Waals surface area contributed by atoms with Gasteiger partial charge in [0.05, 0.1) is 19.0 Å². The van der Waals surface area contributed by atoms with Crippen LogP contribution >= 0.6 is 0 Å². The summed E-state index contributed by atoms with van der Waals surface area (Å²) in [6.07, 6.45) is 6.71. The van der Waals surface area contributed by atoms with Crippen molar-refractivity contribution in [1.82, 2.24) is 25.1 Å². The number of aryl methyl sites for hydroxylation is 1. The summed E-state index contributed by atoms with van der Waals surface area (Å²) >= 11 is 0. The zero-order chi connectivity index (χ0) is 17.1. The second-order valence-electron chi connectivity index (χ2n) is 6.95. The van der Waals surface area contributed by atoms with Gasteiger partial charge in [-0.05, 0) is 19.8 Å². The highest BCUT2D eigenvalue weighted by Crippen LogP contribution is 2.27. The van der Waals surface area contributed by atoms with Crippen LogP contribution in [0.15, 0.2) is 6.20 Å². The van der Waals surface area contributed by atoms with E-state index in [0.717, 1.165) is 30.9 Å². The van der Waals surface area contributed by atoms with Crippen LogP contribution in [0.3, 0.4) is 0 Å². The smallest absolute Gasteiger partial charge is 0.237 e. The monoisotopic (exact) mass is 333 g/mol. The molecule has 132 valence electrons. The van der Waals surface area contributed by atoms with Crippen molar-refractivity contribution in [2.75, 3.05) is 20.1 Å². The molecule has 1 aliphatic carbocycles. The predicted molar refractivity (Wildman–Crippen MR) is 90.2 cm³/mol. The number of piperazine rings is 1. The predicted octanol–water partition coefficient (Wildman–Crippen LogP) is 0.810. The van der Waals surface area contributed by atoms with E-state index in [1.54, 1.807) is 18.1 Å². The molecule has 0 aromatic carbocycles. The van der Waals surface area contributed by atoms with Crippen LogP contribution in [0.5, 0.6) is 0 Å². The fourth-order valence-corrected chi connectivity index (χ4v) is 3.80. The third kappa shape index (κ3) is 3.77. The molecule has 2 amide bonds.